The predicted octanol–water partition coefficient (Wildman–Crippen LogP) is 2.50. The molecule has 0 saturated carbocycles. The van der Waals surface area contributed by atoms with Crippen LogP contribution in [0.5, 0.6) is 5.75 Å². The molecule has 30 heavy (non-hydrogen) atoms. The van der Waals surface area contributed by atoms with Crippen LogP contribution in [0.25, 0.3) is 11.3 Å². The smallest absolute Gasteiger partial charge is 0.275 e. The van der Waals surface area contributed by atoms with Gasteiger partial charge in [0, 0.05) is 30.8 Å². The number of hydrogen-bond acceptors (Lipinski definition) is 8. The molecule has 8 nitrogen and oxygen atoms in total. The Kier molecular flexibility index (Phi) is 4.84. The van der Waals surface area contributed by atoms with Crippen molar-refractivity contribution in [1.29, 1.82) is 0 Å². The first kappa shape index (κ1) is 19.3. The van der Waals surface area contributed by atoms with E-state index in [2.05, 4.69) is 0 Å². The molecule has 4 heterocycles. The third-order valence-corrected chi connectivity index (χ3v) is 8.39. The minimum atomic E-state index is -3.69. The number of hydrogen-bond donors (Lipinski definition) is 1. The molecular weight excluding hydrogens is 424 g/mol. The second-order valence-corrected chi connectivity index (χ2v) is 10.1. The molecule has 3 aromatic rings. The Bertz CT molecular complexity index is 1180. The number of sulfonamides is 1. The van der Waals surface area contributed by atoms with Gasteiger partial charge in [-0.05, 0) is 30.0 Å². The van der Waals surface area contributed by atoms with E-state index in [1.165, 1.54) is 15.6 Å². The van der Waals surface area contributed by atoms with Crippen LogP contribution in [0, 0.1) is 0 Å². The second-order valence-electron chi connectivity index (χ2n) is 7.08. The first-order valence-corrected chi connectivity index (χ1v) is 12.0. The molecule has 2 aliphatic rings. The molecule has 0 spiro atoms. The van der Waals surface area contributed by atoms with Crippen LogP contribution in [0.3, 0.4) is 0 Å². The highest BCUT2D eigenvalue weighted by Gasteiger charge is 2.36. The van der Waals surface area contributed by atoms with Crippen molar-refractivity contribution in [2.45, 2.75) is 10.6 Å². The number of aromatic hydroxyl groups is 1. The van der Waals surface area contributed by atoms with E-state index in [1.807, 2.05) is 11.0 Å². The highest BCUT2D eigenvalue weighted by molar-refractivity contribution is 7.94. The van der Waals surface area contributed by atoms with E-state index in [-0.39, 0.29) is 5.75 Å². The van der Waals surface area contributed by atoms with Crippen LogP contribution in [-0.4, -0.2) is 56.3 Å². The summed E-state index contributed by atoms with van der Waals surface area (Å²) in [6.07, 6.45) is 0.508. The Labute approximate surface area is 178 Å². The van der Waals surface area contributed by atoms with Crippen LogP contribution < -0.4 is 9.21 Å². The molecular formula is C20H20N4O4S2. The zero-order valence-corrected chi connectivity index (χ0v) is 17.7. The summed E-state index contributed by atoms with van der Waals surface area (Å²) in [4.78, 5) is 11.5. The van der Waals surface area contributed by atoms with Crippen molar-refractivity contribution in [2.75, 3.05) is 42.1 Å². The Morgan fingerprint density at radius 3 is 2.63 bits per heavy atom. The van der Waals surface area contributed by atoms with Gasteiger partial charge in [-0.15, -0.1) is 11.3 Å². The van der Waals surface area contributed by atoms with E-state index >= 15 is 0 Å². The molecule has 0 radical (unpaired) electrons. The maximum absolute atomic E-state index is 13.3. The fraction of sp³-hybridized carbons (Fsp3) is 0.300. The third-order valence-electron chi connectivity index (χ3n) is 5.23. The Morgan fingerprint density at radius 2 is 1.90 bits per heavy atom. The van der Waals surface area contributed by atoms with E-state index in [9.17, 15) is 13.5 Å². The number of benzene rings is 1. The molecule has 1 aromatic carbocycles. The van der Waals surface area contributed by atoms with Crippen LogP contribution in [0.2, 0.25) is 0 Å². The van der Waals surface area contributed by atoms with Gasteiger partial charge in [-0.25, -0.2) is 17.7 Å². The lowest BCUT2D eigenvalue weighted by atomic mass is 10.1. The molecule has 1 N–H and O–H groups in total. The number of rotatable bonds is 4. The van der Waals surface area contributed by atoms with Gasteiger partial charge < -0.3 is 14.7 Å². The number of morpholine rings is 1. The van der Waals surface area contributed by atoms with Crippen molar-refractivity contribution in [3.8, 4) is 17.0 Å². The van der Waals surface area contributed by atoms with Crippen LogP contribution in [0.4, 0.5) is 11.8 Å². The summed E-state index contributed by atoms with van der Waals surface area (Å²) in [5, 5.41) is 11.7. The molecule has 1 fully saturated rings. The first-order chi connectivity index (χ1) is 14.5. The van der Waals surface area contributed by atoms with Crippen LogP contribution >= 0.6 is 11.3 Å². The quantitative estimate of drug-likeness (QED) is 0.660. The zero-order chi connectivity index (χ0) is 20.7. The number of aromatic nitrogens is 2. The largest absolute Gasteiger partial charge is 0.508 e. The highest BCUT2D eigenvalue weighted by atomic mass is 32.2. The Morgan fingerprint density at radius 1 is 1.07 bits per heavy atom. The highest BCUT2D eigenvalue weighted by Crippen LogP contribution is 2.39. The molecule has 1 saturated heterocycles. The van der Waals surface area contributed by atoms with Crippen molar-refractivity contribution >= 4 is 33.1 Å². The van der Waals surface area contributed by atoms with Crippen LogP contribution in [0.1, 0.15) is 5.56 Å². The van der Waals surface area contributed by atoms with E-state index in [0.717, 1.165) is 11.1 Å². The van der Waals surface area contributed by atoms with Gasteiger partial charge in [0.05, 0.1) is 18.9 Å². The van der Waals surface area contributed by atoms with Gasteiger partial charge in [-0.3, -0.25) is 0 Å². The van der Waals surface area contributed by atoms with E-state index in [0.29, 0.717) is 60.9 Å². The van der Waals surface area contributed by atoms with Gasteiger partial charge in [0.1, 0.15) is 9.96 Å². The van der Waals surface area contributed by atoms with Gasteiger partial charge in [0.15, 0.2) is 5.82 Å². The lowest BCUT2D eigenvalue weighted by Gasteiger charge is -2.28. The summed E-state index contributed by atoms with van der Waals surface area (Å²) in [6.45, 7) is 2.72. The number of phenolic OH excluding ortho intramolecular Hbond substituents is 1. The molecule has 2 aliphatic heterocycles. The van der Waals surface area contributed by atoms with Gasteiger partial charge in [0.2, 0.25) is 5.95 Å². The fourth-order valence-corrected chi connectivity index (χ4v) is 6.32. The van der Waals surface area contributed by atoms with Gasteiger partial charge >= 0.3 is 0 Å². The van der Waals surface area contributed by atoms with Crippen molar-refractivity contribution < 1.29 is 18.3 Å². The third kappa shape index (κ3) is 3.30. The molecule has 0 atom stereocenters. The number of phenols is 1. The number of fused-ring (bicyclic) bond motifs is 1. The van der Waals surface area contributed by atoms with Crippen molar-refractivity contribution in [3.63, 3.8) is 0 Å². The Hall–Kier alpha value is -2.69. The topological polar surface area (TPSA) is 95.9 Å². The van der Waals surface area contributed by atoms with Gasteiger partial charge in [-0.1, -0.05) is 18.2 Å². The molecule has 156 valence electrons. The molecule has 2 aromatic heterocycles. The molecule has 0 aliphatic carbocycles. The minimum absolute atomic E-state index is 0.133. The number of ether oxygens (including phenoxy) is 1. The van der Waals surface area contributed by atoms with Gasteiger partial charge in [0.25, 0.3) is 10.0 Å². The predicted molar refractivity (Wildman–Crippen MR) is 115 cm³/mol. The Balaban J connectivity index is 1.67. The van der Waals surface area contributed by atoms with Crippen LogP contribution in [0.15, 0.2) is 46.0 Å². The maximum Gasteiger partial charge on any atom is 0.275 e. The summed E-state index contributed by atoms with van der Waals surface area (Å²) in [6, 6.07) is 10.2. The summed E-state index contributed by atoms with van der Waals surface area (Å²) in [5.41, 5.74) is 2.16. The number of thiophene rings is 1. The van der Waals surface area contributed by atoms with Crippen molar-refractivity contribution in [2.24, 2.45) is 0 Å². The lowest BCUT2D eigenvalue weighted by Crippen LogP contribution is -2.38. The second kappa shape index (κ2) is 7.53. The molecule has 0 unspecified atom stereocenters. The molecule has 10 heteroatoms. The summed E-state index contributed by atoms with van der Waals surface area (Å²) < 4.78 is 33.6. The monoisotopic (exact) mass is 444 g/mol. The average molecular weight is 445 g/mol. The standard InChI is InChI=1S/C20H20N4O4S2/c25-15-4-1-3-14(13-15)18-16-6-7-24(30(26,27)17-5-2-12-29-17)19(16)22-20(21-18)23-8-10-28-11-9-23/h1-5,12-13,25H,6-11H2. The molecule has 5 rings (SSSR count). The fourth-order valence-electron chi connectivity index (χ4n) is 3.77. The summed E-state index contributed by atoms with van der Waals surface area (Å²) >= 11 is 1.19. The van der Waals surface area contributed by atoms with Crippen LogP contribution in [-0.2, 0) is 21.2 Å². The molecule has 0 bridgehead atoms. The SMILES string of the molecule is O=S(=O)(c1cccs1)N1CCc2c(-c3cccc(O)c3)nc(N3CCOCC3)nc21. The van der Waals surface area contributed by atoms with Crippen molar-refractivity contribution in [3.05, 3.63) is 47.3 Å². The summed E-state index contributed by atoms with van der Waals surface area (Å²) in [5.74, 6) is 1.02. The van der Waals surface area contributed by atoms with E-state index in [4.69, 9.17) is 14.7 Å². The van der Waals surface area contributed by atoms with Gasteiger partial charge in [-0.2, -0.15) is 4.98 Å². The number of anilines is 2. The maximum atomic E-state index is 13.3. The average Bonchev–Trinajstić information content (AvgIpc) is 3.44. The normalized spacial score (nSPS) is 16.7. The lowest BCUT2D eigenvalue weighted by molar-refractivity contribution is 0.122. The van der Waals surface area contributed by atoms with E-state index < -0.39 is 10.0 Å². The van der Waals surface area contributed by atoms with E-state index in [1.54, 1.807) is 35.7 Å². The summed E-state index contributed by atoms with van der Waals surface area (Å²) in [7, 11) is -3.69. The minimum Gasteiger partial charge on any atom is -0.508 e. The van der Waals surface area contributed by atoms with Crippen molar-refractivity contribution in [1.82, 2.24) is 9.97 Å². The number of nitrogens with zero attached hydrogens (tertiary/aromatic N) is 4. The molecule has 0 amide bonds. The first-order valence-electron chi connectivity index (χ1n) is 9.63. The zero-order valence-electron chi connectivity index (χ0n) is 16.1.